The van der Waals surface area contributed by atoms with Crippen molar-refractivity contribution in [3.8, 4) is 11.4 Å². The lowest BCUT2D eigenvalue weighted by Gasteiger charge is -2.35. The Kier molecular flexibility index (Phi) is 5.03. The fourth-order valence-corrected chi connectivity index (χ4v) is 3.66. The van der Waals surface area contributed by atoms with Crippen molar-refractivity contribution in [2.75, 3.05) is 25.5 Å². The Morgan fingerprint density at radius 1 is 1.15 bits per heavy atom. The molecular weight excluding hydrogens is 345 g/mol. The molecule has 0 spiro atoms. The van der Waals surface area contributed by atoms with E-state index in [0.29, 0.717) is 28.7 Å². The summed E-state index contributed by atoms with van der Waals surface area (Å²) in [4.78, 5) is 23.7. The van der Waals surface area contributed by atoms with Crippen molar-refractivity contribution in [3.05, 3.63) is 42.0 Å². The zero-order valence-electron chi connectivity index (χ0n) is 15.4. The molecule has 1 amide bonds. The molecule has 1 aliphatic carbocycles. The van der Waals surface area contributed by atoms with Gasteiger partial charge in [-0.05, 0) is 57.0 Å². The number of aromatic nitrogens is 2. The number of rotatable bonds is 5. The lowest BCUT2D eigenvalue weighted by molar-refractivity contribution is 0.0622. The number of carbonyl (C=O) groups is 1. The third-order valence-corrected chi connectivity index (χ3v) is 5.27. The molecule has 0 bridgehead atoms. The normalized spacial score (nSPS) is 17.6. The van der Waals surface area contributed by atoms with E-state index in [2.05, 4.69) is 20.6 Å². The molecule has 1 aromatic heterocycles. The van der Waals surface area contributed by atoms with Crippen molar-refractivity contribution in [1.82, 2.24) is 20.2 Å². The third-order valence-electron chi connectivity index (χ3n) is 5.27. The molecule has 2 heterocycles. The van der Waals surface area contributed by atoms with Crippen LogP contribution in [0.4, 0.5) is 10.1 Å². The highest BCUT2D eigenvalue weighted by molar-refractivity contribution is 5.94. The van der Waals surface area contributed by atoms with Crippen LogP contribution in [0.15, 0.2) is 30.6 Å². The number of amides is 1. The maximum absolute atomic E-state index is 14.0. The minimum absolute atomic E-state index is 0.00709. The summed E-state index contributed by atoms with van der Waals surface area (Å²) < 4.78 is 14.0. The van der Waals surface area contributed by atoms with Crippen LogP contribution in [0.3, 0.4) is 0 Å². The van der Waals surface area contributed by atoms with Gasteiger partial charge in [-0.1, -0.05) is 0 Å². The second kappa shape index (κ2) is 7.60. The van der Waals surface area contributed by atoms with E-state index in [1.165, 1.54) is 6.07 Å². The highest BCUT2D eigenvalue weighted by atomic mass is 19.1. The molecule has 1 saturated heterocycles. The van der Waals surface area contributed by atoms with Gasteiger partial charge in [-0.2, -0.15) is 0 Å². The van der Waals surface area contributed by atoms with Crippen LogP contribution in [0.2, 0.25) is 0 Å². The number of carbonyl (C=O) groups excluding carboxylic acids is 1. The Morgan fingerprint density at radius 2 is 1.81 bits per heavy atom. The van der Waals surface area contributed by atoms with Crippen molar-refractivity contribution in [2.24, 2.45) is 0 Å². The van der Waals surface area contributed by atoms with Crippen molar-refractivity contribution < 1.29 is 9.18 Å². The first-order valence-electron chi connectivity index (χ1n) is 9.50. The molecule has 2 fully saturated rings. The van der Waals surface area contributed by atoms with Gasteiger partial charge in [0.1, 0.15) is 5.82 Å². The fraction of sp³-hybridized carbons (Fsp3) is 0.450. The maximum Gasteiger partial charge on any atom is 0.257 e. The van der Waals surface area contributed by atoms with Crippen LogP contribution < -0.4 is 10.6 Å². The Hall–Kier alpha value is -2.54. The molecule has 7 heteroatoms. The van der Waals surface area contributed by atoms with Crippen LogP contribution in [-0.2, 0) is 0 Å². The Morgan fingerprint density at radius 3 is 2.41 bits per heavy atom. The lowest BCUT2D eigenvalue weighted by Crippen LogP contribution is -2.47. The van der Waals surface area contributed by atoms with Crippen LogP contribution in [0.5, 0.6) is 0 Å². The van der Waals surface area contributed by atoms with Crippen molar-refractivity contribution in [1.29, 1.82) is 0 Å². The SMILES string of the molecule is CNc1ccc(-c2ncc(C(=O)N(C3CCNCC3)C3CC3)cn2)cc1F. The molecule has 142 valence electrons. The highest BCUT2D eigenvalue weighted by Gasteiger charge is 2.38. The predicted octanol–water partition coefficient (Wildman–Crippen LogP) is 2.68. The first-order chi connectivity index (χ1) is 13.2. The predicted molar refractivity (Wildman–Crippen MR) is 102 cm³/mol. The molecule has 0 radical (unpaired) electrons. The average molecular weight is 369 g/mol. The largest absolute Gasteiger partial charge is 0.386 e. The Labute approximate surface area is 158 Å². The minimum atomic E-state index is -0.357. The summed E-state index contributed by atoms with van der Waals surface area (Å²) >= 11 is 0. The molecule has 1 aliphatic heterocycles. The van der Waals surface area contributed by atoms with E-state index in [-0.39, 0.29) is 17.8 Å². The van der Waals surface area contributed by atoms with Gasteiger partial charge in [-0.15, -0.1) is 0 Å². The molecule has 2 aromatic rings. The average Bonchev–Trinajstić information content (AvgIpc) is 3.54. The number of hydrogen-bond donors (Lipinski definition) is 2. The van der Waals surface area contributed by atoms with Gasteiger partial charge in [-0.25, -0.2) is 14.4 Å². The number of anilines is 1. The first-order valence-corrected chi connectivity index (χ1v) is 9.50. The number of nitrogens with zero attached hydrogens (tertiary/aromatic N) is 3. The number of benzene rings is 1. The smallest absolute Gasteiger partial charge is 0.257 e. The lowest BCUT2D eigenvalue weighted by atomic mass is 10.0. The van der Waals surface area contributed by atoms with Crippen LogP contribution in [0, 0.1) is 5.82 Å². The molecule has 6 nitrogen and oxygen atoms in total. The van der Waals surface area contributed by atoms with Gasteiger partial charge < -0.3 is 15.5 Å². The van der Waals surface area contributed by atoms with Crippen LogP contribution in [0.25, 0.3) is 11.4 Å². The van der Waals surface area contributed by atoms with E-state index in [1.807, 2.05) is 4.90 Å². The number of nitrogens with one attached hydrogen (secondary N) is 2. The zero-order valence-corrected chi connectivity index (χ0v) is 15.4. The van der Waals surface area contributed by atoms with Gasteiger partial charge in [0.25, 0.3) is 5.91 Å². The summed E-state index contributed by atoms with van der Waals surface area (Å²) in [5.74, 6) is 0.0603. The highest BCUT2D eigenvalue weighted by Crippen LogP contribution is 2.32. The minimum Gasteiger partial charge on any atom is -0.386 e. The molecule has 27 heavy (non-hydrogen) atoms. The standard InChI is InChI=1S/C20H24FN5O/c1-22-18-5-2-13(10-17(18)21)19-24-11-14(12-25-19)20(27)26(15-3-4-15)16-6-8-23-9-7-16/h2,5,10-12,15-16,22-23H,3-4,6-9H2,1H3. The van der Waals surface area contributed by atoms with Crippen LogP contribution in [-0.4, -0.2) is 53.0 Å². The van der Waals surface area contributed by atoms with Crippen molar-refractivity contribution in [3.63, 3.8) is 0 Å². The van der Waals surface area contributed by atoms with E-state index >= 15 is 0 Å². The molecule has 0 unspecified atom stereocenters. The van der Waals surface area contributed by atoms with Crippen LogP contribution in [0.1, 0.15) is 36.0 Å². The van der Waals surface area contributed by atoms with Gasteiger partial charge in [0, 0.05) is 37.1 Å². The quantitative estimate of drug-likeness (QED) is 0.848. The molecule has 2 N–H and O–H groups in total. The van der Waals surface area contributed by atoms with Gasteiger partial charge in [-0.3, -0.25) is 4.79 Å². The van der Waals surface area contributed by atoms with E-state index in [9.17, 15) is 9.18 Å². The van der Waals surface area contributed by atoms with E-state index in [4.69, 9.17) is 0 Å². The molecular formula is C20H24FN5O. The molecule has 2 aliphatic rings. The van der Waals surface area contributed by atoms with Crippen molar-refractivity contribution >= 4 is 11.6 Å². The Balaban J connectivity index is 1.54. The monoisotopic (exact) mass is 369 g/mol. The van der Waals surface area contributed by atoms with E-state index in [0.717, 1.165) is 38.8 Å². The van der Waals surface area contributed by atoms with Gasteiger partial charge in [0.15, 0.2) is 5.82 Å². The number of halogens is 1. The second-order valence-corrected chi connectivity index (χ2v) is 7.16. The molecule has 1 saturated carbocycles. The summed E-state index contributed by atoms with van der Waals surface area (Å²) in [6, 6.07) is 5.45. The topological polar surface area (TPSA) is 70.2 Å². The summed E-state index contributed by atoms with van der Waals surface area (Å²) in [5, 5.41) is 6.14. The first kappa shape index (κ1) is 17.9. The Bertz CT molecular complexity index is 816. The maximum atomic E-state index is 14.0. The molecule has 0 atom stereocenters. The summed E-state index contributed by atoms with van der Waals surface area (Å²) in [7, 11) is 1.67. The molecule has 4 rings (SSSR count). The number of piperidine rings is 1. The van der Waals surface area contributed by atoms with Crippen molar-refractivity contribution in [2.45, 2.75) is 37.8 Å². The van der Waals surface area contributed by atoms with Gasteiger partial charge in [0.05, 0.1) is 11.3 Å². The second-order valence-electron chi connectivity index (χ2n) is 7.16. The molecule has 1 aromatic carbocycles. The number of hydrogen-bond acceptors (Lipinski definition) is 5. The van der Waals surface area contributed by atoms with Crippen LogP contribution >= 0.6 is 0 Å². The summed E-state index contributed by atoms with van der Waals surface area (Å²) in [5.41, 5.74) is 1.51. The zero-order chi connectivity index (χ0) is 18.8. The summed E-state index contributed by atoms with van der Waals surface area (Å²) in [6.45, 7) is 1.90. The van der Waals surface area contributed by atoms with Gasteiger partial charge >= 0.3 is 0 Å². The summed E-state index contributed by atoms with van der Waals surface area (Å²) in [6.07, 6.45) is 7.24. The van der Waals surface area contributed by atoms with E-state index in [1.54, 1.807) is 31.6 Å². The third kappa shape index (κ3) is 3.78. The fourth-order valence-electron chi connectivity index (χ4n) is 3.66. The van der Waals surface area contributed by atoms with Gasteiger partial charge in [0.2, 0.25) is 0 Å². The van der Waals surface area contributed by atoms with E-state index < -0.39 is 0 Å².